The molecule has 1 aromatic carbocycles. The maximum Gasteiger partial charge on any atom is 0.405 e. The molecule has 21 heavy (non-hydrogen) atoms. The standard InChI is InChI=1S/C15H22N2O4/c1-15(2,3)10-4-6-11(7-5-10)16-13(19)12(8-9-18)17-14(20)21/h4-7,12,17-18H,8-9H2,1-3H3,(H,16,19)(H,20,21)/t12-/m0/s1. The SMILES string of the molecule is CC(C)(C)c1ccc(NC(=O)[C@H](CCO)NC(=O)O)cc1. The van der Waals surface area contributed by atoms with Crippen LogP contribution in [0.1, 0.15) is 32.8 Å². The van der Waals surface area contributed by atoms with E-state index < -0.39 is 18.0 Å². The number of amides is 2. The number of nitrogens with one attached hydrogen (secondary N) is 2. The van der Waals surface area contributed by atoms with Crippen molar-refractivity contribution in [3.63, 3.8) is 0 Å². The lowest BCUT2D eigenvalue weighted by molar-refractivity contribution is -0.118. The van der Waals surface area contributed by atoms with Gasteiger partial charge in [-0.05, 0) is 29.5 Å². The van der Waals surface area contributed by atoms with Crippen molar-refractivity contribution >= 4 is 17.7 Å². The Kier molecular flexibility index (Phi) is 5.72. The van der Waals surface area contributed by atoms with E-state index in [9.17, 15) is 9.59 Å². The minimum Gasteiger partial charge on any atom is -0.465 e. The summed E-state index contributed by atoms with van der Waals surface area (Å²) in [5, 5.41) is 22.3. The van der Waals surface area contributed by atoms with E-state index in [1.807, 2.05) is 12.1 Å². The first kappa shape index (κ1) is 17.0. The summed E-state index contributed by atoms with van der Waals surface area (Å²) < 4.78 is 0. The van der Waals surface area contributed by atoms with Crippen LogP contribution in [0.2, 0.25) is 0 Å². The summed E-state index contributed by atoms with van der Waals surface area (Å²) in [6, 6.07) is 6.40. The summed E-state index contributed by atoms with van der Waals surface area (Å²) in [6.45, 7) is 6.00. The van der Waals surface area contributed by atoms with Crippen LogP contribution in [0.3, 0.4) is 0 Å². The Bertz CT molecular complexity index is 491. The predicted octanol–water partition coefficient (Wildman–Crippen LogP) is 1.94. The second-order valence-electron chi connectivity index (χ2n) is 5.83. The lowest BCUT2D eigenvalue weighted by atomic mass is 9.87. The number of benzene rings is 1. The first-order valence-electron chi connectivity index (χ1n) is 6.76. The average molecular weight is 294 g/mol. The Hall–Kier alpha value is -2.08. The Morgan fingerprint density at radius 3 is 2.19 bits per heavy atom. The van der Waals surface area contributed by atoms with Crippen molar-refractivity contribution in [1.29, 1.82) is 0 Å². The van der Waals surface area contributed by atoms with Gasteiger partial charge in [0.1, 0.15) is 6.04 Å². The Morgan fingerprint density at radius 2 is 1.76 bits per heavy atom. The van der Waals surface area contributed by atoms with Gasteiger partial charge in [0, 0.05) is 12.3 Å². The molecule has 0 unspecified atom stereocenters. The zero-order valence-electron chi connectivity index (χ0n) is 12.5. The van der Waals surface area contributed by atoms with Gasteiger partial charge in [-0.2, -0.15) is 0 Å². The highest BCUT2D eigenvalue weighted by Crippen LogP contribution is 2.23. The van der Waals surface area contributed by atoms with E-state index in [0.29, 0.717) is 5.69 Å². The molecule has 0 saturated heterocycles. The summed E-state index contributed by atoms with van der Waals surface area (Å²) in [5.41, 5.74) is 1.74. The molecule has 6 nitrogen and oxygen atoms in total. The molecular formula is C15H22N2O4. The third-order valence-corrected chi connectivity index (χ3v) is 3.05. The second-order valence-corrected chi connectivity index (χ2v) is 5.83. The molecule has 1 aromatic rings. The van der Waals surface area contributed by atoms with Gasteiger partial charge in [-0.15, -0.1) is 0 Å². The number of carbonyl (C=O) groups excluding carboxylic acids is 1. The van der Waals surface area contributed by atoms with E-state index in [0.717, 1.165) is 5.56 Å². The minimum absolute atomic E-state index is 0.0207. The molecule has 0 aliphatic carbocycles. The second kappa shape index (κ2) is 7.08. The van der Waals surface area contributed by atoms with Crippen LogP contribution in [-0.2, 0) is 10.2 Å². The third-order valence-electron chi connectivity index (χ3n) is 3.05. The highest BCUT2D eigenvalue weighted by molar-refractivity contribution is 5.96. The first-order valence-corrected chi connectivity index (χ1v) is 6.76. The van der Waals surface area contributed by atoms with Gasteiger partial charge in [0.05, 0.1) is 0 Å². The van der Waals surface area contributed by atoms with Crippen LogP contribution in [0.5, 0.6) is 0 Å². The van der Waals surface area contributed by atoms with Crippen molar-refractivity contribution in [2.75, 3.05) is 11.9 Å². The quantitative estimate of drug-likeness (QED) is 0.667. The number of carboxylic acid groups (broad SMARTS) is 1. The van der Waals surface area contributed by atoms with Gasteiger partial charge in [-0.25, -0.2) is 4.79 Å². The van der Waals surface area contributed by atoms with Gasteiger partial charge in [0.25, 0.3) is 0 Å². The Morgan fingerprint density at radius 1 is 1.19 bits per heavy atom. The third kappa shape index (κ3) is 5.43. The molecule has 4 N–H and O–H groups in total. The van der Waals surface area contributed by atoms with Crippen molar-refractivity contribution in [2.24, 2.45) is 0 Å². The van der Waals surface area contributed by atoms with E-state index in [4.69, 9.17) is 10.2 Å². The number of hydrogen-bond donors (Lipinski definition) is 4. The maximum atomic E-state index is 12.0. The van der Waals surface area contributed by atoms with Crippen LogP contribution < -0.4 is 10.6 Å². The summed E-state index contributed by atoms with van der Waals surface area (Å²) in [6.07, 6.45) is -1.27. The highest BCUT2D eigenvalue weighted by atomic mass is 16.4. The maximum absolute atomic E-state index is 12.0. The molecule has 6 heteroatoms. The highest BCUT2D eigenvalue weighted by Gasteiger charge is 2.20. The largest absolute Gasteiger partial charge is 0.465 e. The molecule has 1 atom stereocenters. The summed E-state index contributed by atoms with van der Waals surface area (Å²) in [4.78, 5) is 22.6. The molecule has 0 fully saturated rings. The number of rotatable bonds is 5. The van der Waals surface area contributed by atoms with Crippen molar-refractivity contribution < 1.29 is 19.8 Å². The minimum atomic E-state index is -1.30. The fourth-order valence-corrected chi connectivity index (χ4v) is 1.83. The zero-order valence-corrected chi connectivity index (χ0v) is 12.5. The van der Waals surface area contributed by atoms with Crippen molar-refractivity contribution in [2.45, 2.75) is 38.6 Å². The van der Waals surface area contributed by atoms with Crippen LogP contribution in [0.15, 0.2) is 24.3 Å². The normalized spacial score (nSPS) is 12.6. The number of aliphatic hydroxyl groups excluding tert-OH is 1. The molecule has 116 valence electrons. The van der Waals surface area contributed by atoms with Crippen LogP contribution in [0.25, 0.3) is 0 Å². The van der Waals surface area contributed by atoms with Crippen LogP contribution in [0, 0.1) is 0 Å². The smallest absolute Gasteiger partial charge is 0.405 e. The van der Waals surface area contributed by atoms with E-state index in [-0.39, 0.29) is 18.4 Å². The van der Waals surface area contributed by atoms with Gasteiger partial charge in [-0.3, -0.25) is 4.79 Å². The molecule has 1 rings (SSSR count). The Labute approximate surface area is 124 Å². The molecule has 0 radical (unpaired) electrons. The topological polar surface area (TPSA) is 98.7 Å². The predicted molar refractivity (Wildman–Crippen MR) is 80.4 cm³/mol. The Balaban J connectivity index is 2.74. The number of aliphatic hydroxyl groups is 1. The summed E-state index contributed by atoms with van der Waals surface area (Å²) in [5.74, 6) is -0.491. The van der Waals surface area contributed by atoms with E-state index in [1.54, 1.807) is 12.1 Å². The number of anilines is 1. The van der Waals surface area contributed by atoms with Crippen LogP contribution in [-0.4, -0.2) is 34.9 Å². The number of carbonyl (C=O) groups is 2. The molecule has 0 heterocycles. The van der Waals surface area contributed by atoms with Gasteiger partial charge in [0.15, 0.2) is 0 Å². The fraction of sp³-hybridized carbons (Fsp3) is 0.467. The summed E-state index contributed by atoms with van der Waals surface area (Å²) >= 11 is 0. The molecular weight excluding hydrogens is 272 g/mol. The zero-order chi connectivity index (χ0) is 16.0. The van der Waals surface area contributed by atoms with E-state index in [1.165, 1.54) is 0 Å². The monoisotopic (exact) mass is 294 g/mol. The molecule has 0 bridgehead atoms. The molecule has 0 aliphatic rings. The van der Waals surface area contributed by atoms with Crippen molar-refractivity contribution in [3.8, 4) is 0 Å². The average Bonchev–Trinajstić information content (AvgIpc) is 2.37. The van der Waals surface area contributed by atoms with E-state index >= 15 is 0 Å². The van der Waals surface area contributed by atoms with Gasteiger partial charge in [0.2, 0.25) is 5.91 Å². The molecule has 0 aromatic heterocycles. The lowest BCUT2D eigenvalue weighted by Crippen LogP contribution is -2.43. The van der Waals surface area contributed by atoms with Gasteiger partial charge < -0.3 is 20.8 Å². The molecule has 0 spiro atoms. The van der Waals surface area contributed by atoms with Crippen LogP contribution >= 0.6 is 0 Å². The van der Waals surface area contributed by atoms with Gasteiger partial charge in [-0.1, -0.05) is 32.9 Å². The molecule has 0 aliphatic heterocycles. The molecule has 2 amide bonds. The number of hydrogen-bond acceptors (Lipinski definition) is 3. The van der Waals surface area contributed by atoms with E-state index in [2.05, 4.69) is 31.4 Å². The van der Waals surface area contributed by atoms with Crippen molar-refractivity contribution in [3.05, 3.63) is 29.8 Å². The first-order chi connectivity index (χ1) is 9.74. The lowest BCUT2D eigenvalue weighted by Gasteiger charge is -2.20. The van der Waals surface area contributed by atoms with Crippen molar-refractivity contribution in [1.82, 2.24) is 5.32 Å². The van der Waals surface area contributed by atoms with Gasteiger partial charge >= 0.3 is 6.09 Å². The fourth-order valence-electron chi connectivity index (χ4n) is 1.83. The molecule has 0 saturated carbocycles. The summed E-state index contributed by atoms with van der Waals surface area (Å²) in [7, 11) is 0. The van der Waals surface area contributed by atoms with Crippen LogP contribution in [0.4, 0.5) is 10.5 Å².